The van der Waals surface area contributed by atoms with Crippen molar-refractivity contribution >= 4 is 5.97 Å². The first-order valence-electron chi connectivity index (χ1n) is 10.1. The van der Waals surface area contributed by atoms with E-state index in [4.69, 9.17) is 9.47 Å². The lowest BCUT2D eigenvalue weighted by atomic mass is 10.1. The molecule has 0 fully saturated rings. The van der Waals surface area contributed by atoms with Crippen molar-refractivity contribution in [3.8, 4) is 5.75 Å². The summed E-state index contributed by atoms with van der Waals surface area (Å²) < 4.78 is 10.9. The van der Waals surface area contributed by atoms with Crippen LogP contribution in [0.3, 0.4) is 0 Å². The Balaban J connectivity index is 1.61. The van der Waals surface area contributed by atoms with Gasteiger partial charge in [-0.25, -0.2) is 4.79 Å². The molecule has 0 heterocycles. The number of hydrogen-bond donors (Lipinski definition) is 1. The maximum Gasteiger partial charge on any atom is 0.332 e. The fourth-order valence-corrected chi connectivity index (χ4v) is 2.97. The van der Waals surface area contributed by atoms with Gasteiger partial charge in [0.15, 0.2) is 0 Å². The normalized spacial score (nSPS) is 11.0. The molecule has 0 spiro atoms. The van der Waals surface area contributed by atoms with Crippen LogP contribution >= 0.6 is 0 Å². The summed E-state index contributed by atoms with van der Waals surface area (Å²) in [5, 5.41) is 3.36. The van der Waals surface area contributed by atoms with E-state index < -0.39 is 0 Å². The highest BCUT2D eigenvalue weighted by Crippen LogP contribution is 2.16. The van der Waals surface area contributed by atoms with Crippen molar-refractivity contribution in [3.05, 3.63) is 113 Å². The van der Waals surface area contributed by atoms with Gasteiger partial charge in [-0.1, -0.05) is 72.8 Å². The first kappa shape index (κ1) is 21.2. The SMILES string of the molecule is CCOC(=O)/C=C(\Cc1ccc(OCc2ccccc2)cc1)NCc1ccccc1. The number of rotatable bonds is 10. The summed E-state index contributed by atoms with van der Waals surface area (Å²) in [6.07, 6.45) is 2.14. The lowest BCUT2D eigenvalue weighted by Crippen LogP contribution is -2.17. The third-order valence-corrected chi connectivity index (χ3v) is 4.51. The van der Waals surface area contributed by atoms with Crippen molar-refractivity contribution in [3.63, 3.8) is 0 Å². The molecular formula is C26H27NO3. The van der Waals surface area contributed by atoms with Crippen molar-refractivity contribution in [1.82, 2.24) is 5.32 Å². The molecule has 0 radical (unpaired) electrons. The van der Waals surface area contributed by atoms with Gasteiger partial charge < -0.3 is 14.8 Å². The van der Waals surface area contributed by atoms with Crippen LogP contribution in [0.15, 0.2) is 96.7 Å². The molecule has 3 rings (SSSR count). The van der Waals surface area contributed by atoms with E-state index in [2.05, 4.69) is 5.32 Å². The summed E-state index contributed by atoms with van der Waals surface area (Å²) in [6.45, 7) is 3.34. The molecule has 4 heteroatoms. The first-order chi connectivity index (χ1) is 14.7. The van der Waals surface area contributed by atoms with Gasteiger partial charge in [-0.05, 0) is 35.7 Å². The predicted octanol–water partition coefficient (Wildman–Crippen LogP) is 5.04. The lowest BCUT2D eigenvalue weighted by molar-refractivity contribution is -0.137. The minimum Gasteiger partial charge on any atom is -0.489 e. The second kappa shape index (κ2) is 11.5. The molecule has 3 aromatic rings. The second-order valence-electron chi connectivity index (χ2n) is 6.86. The molecule has 154 valence electrons. The van der Waals surface area contributed by atoms with Gasteiger partial charge in [0.2, 0.25) is 0 Å². The molecule has 0 aliphatic heterocycles. The van der Waals surface area contributed by atoms with Gasteiger partial charge in [-0.2, -0.15) is 0 Å². The number of allylic oxidation sites excluding steroid dienone is 1. The number of nitrogens with one attached hydrogen (secondary N) is 1. The zero-order valence-corrected chi connectivity index (χ0v) is 17.2. The molecule has 3 aromatic carbocycles. The maximum absolute atomic E-state index is 12.0. The minimum atomic E-state index is -0.337. The average molecular weight is 402 g/mol. The van der Waals surface area contributed by atoms with Crippen molar-refractivity contribution in [2.24, 2.45) is 0 Å². The summed E-state index contributed by atoms with van der Waals surface area (Å²) in [4.78, 5) is 12.0. The van der Waals surface area contributed by atoms with E-state index in [9.17, 15) is 4.79 Å². The molecule has 0 unspecified atom stereocenters. The Morgan fingerprint density at radius 3 is 2.10 bits per heavy atom. The van der Waals surface area contributed by atoms with Gasteiger partial charge in [0.1, 0.15) is 12.4 Å². The zero-order chi connectivity index (χ0) is 21.0. The second-order valence-corrected chi connectivity index (χ2v) is 6.86. The van der Waals surface area contributed by atoms with Crippen LogP contribution in [0.2, 0.25) is 0 Å². The lowest BCUT2D eigenvalue weighted by Gasteiger charge is -2.12. The monoisotopic (exact) mass is 401 g/mol. The molecule has 0 aromatic heterocycles. The van der Waals surface area contributed by atoms with Gasteiger partial charge in [-0.3, -0.25) is 0 Å². The molecule has 0 saturated carbocycles. The van der Waals surface area contributed by atoms with Gasteiger partial charge in [-0.15, -0.1) is 0 Å². The van der Waals surface area contributed by atoms with Crippen LogP contribution in [0.5, 0.6) is 5.75 Å². The largest absolute Gasteiger partial charge is 0.489 e. The number of carbonyl (C=O) groups excluding carboxylic acids is 1. The fourth-order valence-electron chi connectivity index (χ4n) is 2.97. The Hall–Kier alpha value is -3.53. The third-order valence-electron chi connectivity index (χ3n) is 4.51. The van der Waals surface area contributed by atoms with E-state index in [-0.39, 0.29) is 5.97 Å². The topological polar surface area (TPSA) is 47.6 Å². The van der Waals surface area contributed by atoms with Gasteiger partial charge in [0.25, 0.3) is 0 Å². The highest BCUT2D eigenvalue weighted by molar-refractivity contribution is 5.82. The standard InChI is InChI=1S/C26H27NO3/c1-2-29-26(28)18-24(27-19-22-9-5-3-6-10-22)17-21-13-15-25(16-14-21)30-20-23-11-7-4-8-12-23/h3-16,18,27H,2,17,19-20H2,1H3/b24-18+. The van der Waals surface area contributed by atoms with E-state index in [0.717, 1.165) is 28.1 Å². The van der Waals surface area contributed by atoms with E-state index in [1.165, 1.54) is 6.08 Å². The highest BCUT2D eigenvalue weighted by atomic mass is 16.5. The van der Waals surface area contributed by atoms with E-state index in [0.29, 0.717) is 26.2 Å². The highest BCUT2D eigenvalue weighted by Gasteiger charge is 2.06. The average Bonchev–Trinajstić information content (AvgIpc) is 2.78. The molecule has 30 heavy (non-hydrogen) atoms. The molecule has 4 nitrogen and oxygen atoms in total. The molecule has 1 N–H and O–H groups in total. The number of benzene rings is 3. The quantitative estimate of drug-likeness (QED) is 0.382. The predicted molar refractivity (Wildman–Crippen MR) is 119 cm³/mol. The number of esters is 1. The summed E-state index contributed by atoms with van der Waals surface area (Å²) in [7, 11) is 0. The summed E-state index contributed by atoms with van der Waals surface area (Å²) in [6, 6.07) is 28.1. The van der Waals surface area contributed by atoms with E-state index in [1.807, 2.05) is 84.9 Å². The van der Waals surface area contributed by atoms with Crippen LogP contribution in [0, 0.1) is 0 Å². The van der Waals surface area contributed by atoms with Crippen molar-refractivity contribution in [1.29, 1.82) is 0 Å². The van der Waals surface area contributed by atoms with Gasteiger partial charge in [0, 0.05) is 24.7 Å². The minimum absolute atomic E-state index is 0.337. The Labute approximate surface area is 178 Å². The Kier molecular flexibility index (Phi) is 8.10. The zero-order valence-electron chi connectivity index (χ0n) is 17.2. The van der Waals surface area contributed by atoms with Crippen LogP contribution < -0.4 is 10.1 Å². The summed E-state index contributed by atoms with van der Waals surface area (Å²) >= 11 is 0. The van der Waals surface area contributed by atoms with Crippen LogP contribution in [-0.4, -0.2) is 12.6 Å². The van der Waals surface area contributed by atoms with Crippen LogP contribution in [0.1, 0.15) is 23.6 Å². The van der Waals surface area contributed by atoms with Crippen LogP contribution in [-0.2, 0) is 29.1 Å². The Bertz CT molecular complexity index is 935. The van der Waals surface area contributed by atoms with E-state index >= 15 is 0 Å². The molecule has 0 aliphatic rings. The molecule has 0 aliphatic carbocycles. The molecule has 0 amide bonds. The molecule has 0 saturated heterocycles. The summed E-state index contributed by atoms with van der Waals surface area (Å²) in [5.41, 5.74) is 4.18. The van der Waals surface area contributed by atoms with Crippen molar-refractivity contribution < 1.29 is 14.3 Å². The number of hydrogen-bond acceptors (Lipinski definition) is 4. The third kappa shape index (κ3) is 7.13. The maximum atomic E-state index is 12.0. The van der Waals surface area contributed by atoms with Crippen molar-refractivity contribution in [2.75, 3.05) is 6.61 Å². The van der Waals surface area contributed by atoms with Crippen LogP contribution in [0.25, 0.3) is 0 Å². The van der Waals surface area contributed by atoms with Gasteiger partial charge >= 0.3 is 5.97 Å². The Morgan fingerprint density at radius 1 is 0.833 bits per heavy atom. The number of ether oxygens (including phenoxy) is 2. The Morgan fingerprint density at radius 2 is 1.47 bits per heavy atom. The van der Waals surface area contributed by atoms with Crippen LogP contribution in [0.4, 0.5) is 0 Å². The molecule has 0 atom stereocenters. The molecular weight excluding hydrogens is 374 g/mol. The van der Waals surface area contributed by atoms with E-state index in [1.54, 1.807) is 6.92 Å². The fraction of sp³-hybridized carbons (Fsp3) is 0.192. The first-order valence-corrected chi connectivity index (χ1v) is 10.1. The number of carbonyl (C=O) groups is 1. The van der Waals surface area contributed by atoms with Gasteiger partial charge in [0.05, 0.1) is 6.61 Å². The molecule has 0 bridgehead atoms. The smallest absolute Gasteiger partial charge is 0.332 e. The summed E-state index contributed by atoms with van der Waals surface area (Å²) in [5.74, 6) is 0.478. The van der Waals surface area contributed by atoms with Crippen molar-refractivity contribution in [2.45, 2.75) is 26.5 Å².